The zero-order chi connectivity index (χ0) is 24.1. The Morgan fingerprint density at radius 1 is 1.06 bits per heavy atom. The number of carbonyl (C=O) groups excluding carboxylic acids is 2. The van der Waals surface area contributed by atoms with Gasteiger partial charge < -0.3 is 16.0 Å². The third-order valence-electron chi connectivity index (χ3n) is 4.76. The van der Waals surface area contributed by atoms with Crippen molar-refractivity contribution in [2.45, 2.75) is 19.9 Å². The van der Waals surface area contributed by atoms with Crippen LogP contribution < -0.4 is 16.0 Å². The highest BCUT2D eigenvalue weighted by atomic mass is 35.5. The number of carbonyl (C=O) groups is 2. The Labute approximate surface area is 200 Å². The molecule has 0 aliphatic rings. The number of amides is 3. The summed E-state index contributed by atoms with van der Waals surface area (Å²) in [7, 11) is 0. The second-order valence-corrected chi connectivity index (χ2v) is 7.92. The number of H-pyrrole nitrogens is 1. The van der Waals surface area contributed by atoms with Gasteiger partial charge in [-0.1, -0.05) is 17.7 Å². The number of hydrogen-bond acceptors (Lipinski definition) is 6. The van der Waals surface area contributed by atoms with Crippen molar-refractivity contribution in [1.29, 1.82) is 0 Å². The molecule has 0 bridgehead atoms. The number of urea groups is 1. The molecule has 3 amide bonds. The second-order valence-electron chi connectivity index (χ2n) is 7.48. The lowest BCUT2D eigenvalue weighted by Gasteiger charge is -2.13. The Hall–Kier alpha value is -4.31. The van der Waals surface area contributed by atoms with Crippen molar-refractivity contribution in [1.82, 2.24) is 30.5 Å². The molecular formula is C23H21ClN8O2. The van der Waals surface area contributed by atoms with E-state index in [4.69, 9.17) is 11.6 Å². The molecule has 3 aromatic heterocycles. The number of pyridine rings is 2. The van der Waals surface area contributed by atoms with Crippen molar-refractivity contribution in [3.05, 3.63) is 82.9 Å². The molecule has 1 unspecified atom stereocenters. The average Bonchev–Trinajstić information content (AvgIpc) is 3.31. The van der Waals surface area contributed by atoms with Crippen molar-refractivity contribution in [2.24, 2.45) is 0 Å². The van der Waals surface area contributed by atoms with Crippen LogP contribution in [0.15, 0.2) is 60.9 Å². The molecule has 4 aromatic rings. The number of hydrogen-bond donors (Lipinski definition) is 4. The molecule has 11 heteroatoms. The van der Waals surface area contributed by atoms with E-state index in [9.17, 15) is 9.59 Å². The first-order chi connectivity index (χ1) is 16.4. The number of aromatic nitrogens is 5. The van der Waals surface area contributed by atoms with Gasteiger partial charge in [-0.3, -0.25) is 14.9 Å². The van der Waals surface area contributed by atoms with E-state index in [0.717, 1.165) is 5.56 Å². The van der Waals surface area contributed by atoms with Gasteiger partial charge in [0, 0.05) is 23.6 Å². The molecule has 0 radical (unpaired) electrons. The maximum Gasteiger partial charge on any atom is 0.319 e. The molecule has 4 rings (SSSR count). The number of aryl methyl sites for hydroxylation is 1. The minimum absolute atomic E-state index is 0.355. The van der Waals surface area contributed by atoms with Crippen LogP contribution in [0.1, 0.15) is 34.7 Å². The summed E-state index contributed by atoms with van der Waals surface area (Å²) in [6.45, 7) is 3.73. The standard InChI is InChI=1S/C23H21ClN8O2/c1-13-8-9-25-18(10-13)21-30-20(31-32-21)14(2)27-23(34)28-17-5-3-4-15(11-17)22(33)29-19-7-6-16(24)12-26-19/h3-12,14H,1-2H3,(H,26,29,33)(H2,27,28,34)(H,30,31,32). The Kier molecular flexibility index (Phi) is 6.79. The number of benzene rings is 1. The van der Waals surface area contributed by atoms with Crippen LogP contribution in [0.5, 0.6) is 0 Å². The van der Waals surface area contributed by atoms with Crippen molar-refractivity contribution in [3.8, 4) is 11.5 Å². The van der Waals surface area contributed by atoms with Gasteiger partial charge in [-0.2, -0.15) is 5.10 Å². The third kappa shape index (κ3) is 5.73. The van der Waals surface area contributed by atoms with Gasteiger partial charge in [0.25, 0.3) is 5.91 Å². The summed E-state index contributed by atoms with van der Waals surface area (Å²) in [5, 5.41) is 15.7. The Morgan fingerprint density at radius 3 is 2.68 bits per heavy atom. The average molecular weight is 477 g/mol. The molecule has 172 valence electrons. The molecule has 0 aliphatic heterocycles. The quantitative estimate of drug-likeness (QED) is 0.326. The van der Waals surface area contributed by atoms with E-state index in [1.165, 1.54) is 6.20 Å². The molecular weight excluding hydrogens is 456 g/mol. The first kappa shape index (κ1) is 22.9. The maximum atomic E-state index is 12.5. The van der Waals surface area contributed by atoms with Gasteiger partial charge in [-0.25, -0.2) is 14.8 Å². The van der Waals surface area contributed by atoms with Crippen molar-refractivity contribution >= 4 is 35.0 Å². The first-order valence-electron chi connectivity index (χ1n) is 10.3. The molecule has 3 heterocycles. The van der Waals surface area contributed by atoms with Gasteiger partial charge in [-0.15, -0.1) is 0 Å². The van der Waals surface area contributed by atoms with E-state index in [0.29, 0.717) is 39.4 Å². The normalized spacial score (nSPS) is 11.5. The summed E-state index contributed by atoms with van der Waals surface area (Å²) in [6.07, 6.45) is 3.13. The lowest BCUT2D eigenvalue weighted by molar-refractivity contribution is 0.102. The van der Waals surface area contributed by atoms with Crippen LogP contribution in [0.2, 0.25) is 5.02 Å². The summed E-state index contributed by atoms with van der Waals surface area (Å²) in [6, 6.07) is 12.6. The van der Waals surface area contributed by atoms with Gasteiger partial charge in [0.15, 0.2) is 5.82 Å². The fraction of sp³-hybridized carbons (Fsp3) is 0.130. The van der Waals surface area contributed by atoms with Gasteiger partial charge in [0.05, 0.1) is 11.1 Å². The maximum absolute atomic E-state index is 12.5. The minimum Gasteiger partial charge on any atom is -0.328 e. The van der Waals surface area contributed by atoms with Crippen LogP contribution in [0.3, 0.4) is 0 Å². The zero-order valence-corrected chi connectivity index (χ0v) is 19.1. The second kappa shape index (κ2) is 10.1. The molecule has 0 saturated heterocycles. The van der Waals surface area contributed by atoms with E-state index in [2.05, 4.69) is 41.1 Å². The summed E-state index contributed by atoms with van der Waals surface area (Å²) >= 11 is 5.81. The number of rotatable bonds is 6. The topological polar surface area (TPSA) is 138 Å². The smallest absolute Gasteiger partial charge is 0.319 e. The predicted molar refractivity (Wildman–Crippen MR) is 129 cm³/mol. The summed E-state index contributed by atoms with van der Waals surface area (Å²) in [5.41, 5.74) is 2.49. The lowest BCUT2D eigenvalue weighted by Crippen LogP contribution is -2.31. The molecule has 0 fully saturated rings. The Morgan fingerprint density at radius 2 is 1.91 bits per heavy atom. The first-order valence-corrected chi connectivity index (χ1v) is 10.7. The number of nitrogens with one attached hydrogen (secondary N) is 4. The highest BCUT2D eigenvalue weighted by molar-refractivity contribution is 6.30. The number of aromatic amines is 1. The predicted octanol–water partition coefficient (Wildman–Crippen LogP) is 4.36. The SMILES string of the molecule is Cc1ccnc(-c2n[nH]c(C(C)NC(=O)Nc3cccc(C(=O)Nc4ccc(Cl)cn4)c3)n2)c1. The van der Waals surface area contributed by atoms with E-state index in [1.54, 1.807) is 49.5 Å². The van der Waals surface area contributed by atoms with Crippen LogP contribution in [0.25, 0.3) is 11.5 Å². The monoisotopic (exact) mass is 476 g/mol. The summed E-state index contributed by atoms with van der Waals surface area (Å²) in [5.74, 6) is 0.927. The van der Waals surface area contributed by atoms with Crippen molar-refractivity contribution in [3.63, 3.8) is 0 Å². The molecule has 34 heavy (non-hydrogen) atoms. The third-order valence-corrected chi connectivity index (χ3v) is 4.98. The minimum atomic E-state index is -0.462. The van der Waals surface area contributed by atoms with Gasteiger partial charge in [0.1, 0.15) is 17.3 Å². The van der Waals surface area contributed by atoms with E-state index in [-0.39, 0.29) is 5.91 Å². The van der Waals surface area contributed by atoms with E-state index in [1.807, 2.05) is 19.1 Å². The summed E-state index contributed by atoms with van der Waals surface area (Å²) in [4.78, 5) is 37.7. The van der Waals surface area contributed by atoms with Crippen LogP contribution in [0.4, 0.5) is 16.3 Å². The lowest BCUT2D eigenvalue weighted by atomic mass is 10.2. The number of nitrogens with zero attached hydrogens (tertiary/aromatic N) is 4. The molecule has 10 nitrogen and oxygen atoms in total. The van der Waals surface area contributed by atoms with Crippen molar-refractivity contribution in [2.75, 3.05) is 10.6 Å². The van der Waals surface area contributed by atoms with E-state index < -0.39 is 12.1 Å². The molecule has 4 N–H and O–H groups in total. The highest BCUT2D eigenvalue weighted by Crippen LogP contribution is 2.17. The Balaban J connectivity index is 1.36. The zero-order valence-electron chi connectivity index (χ0n) is 18.3. The molecule has 1 aromatic carbocycles. The van der Waals surface area contributed by atoms with Crippen LogP contribution in [0, 0.1) is 6.92 Å². The molecule has 1 atom stereocenters. The van der Waals surface area contributed by atoms with Gasteiger partial charge in [0.2, 0.25) is 0 Å². The van der Waals surface area contributed by atoms with Gasteiger partial charge in [-0.05, 0) is 61.9 Å². The highest BCUT2D eigenvalue weighted by Gasteiger charge is 2.16. The molecule has 0 aliphatic carbocycles. The van der Waals surface area contributed by atoms with Gasteiger partial charge >= 0.3 is 6.03 Å². The fourth-order valence-electron chi connectivity index (χ4n) is 3.05. The Bertz CT molecular complexity index is 1320. The van der Waals surface area contributed by atoms with Crippen LogP contribution >= 0.6 is 11.6 Å². The van der Waals surface area contributed by atoms with Crippen LogP contribution in [-0.2, 0) is 0 Å². The van der Waals surface area contributed by atoms with E-state index >= 15 is 0 Å². The summed E-state index contributed by atoms with van der Waals surface area (Å²) < 4.78 is 0. The largest absolute Gasteiger partial charge is 0.328 e. The van der Waals surface area contributed by atoms with Crippen molar-refractivity contribution < 1.29 is 9.59 Å². The molecule has 0 saturated carbocycles. The molecule has 0 spiro atoms. The number of halogens is 1. The number of anilines is 2. The fourth-order valence-corrected chi connectivity index (χ4v) is 3.16. The van der Waals surface area contributed by atoms with Crippen LogP contribution in [-0.4, -0.2) is 37.1 Å².